The zero-order chi connectivity index (χ0) is 19.7. The highest BCUT2D eigenvalue weighted by Crippen LogP contribution is 2.28. The van der Waals surface area contributed by atoms with Crippen molar-refractivity contribution in [2.75, 3.05) is 11.0 Å². The topological polar surface area (TPSA) is 64.0 Å². The molecule has 7 heteroatoms. The van der Waals surface area contributed by atoms with E-state index < -0.39 is 10.0 Å². The summed E-state index contributed by atoms with van der Waals surface area (Å²) < 4.78 is 28.9. The van der Waals surface area contributed by atoms with Crippen molar-refractivity contribution in [3.8, 4) is 11.4 Å². The summed E-state index contributed by atoms with van der Waals surface area (Å²) in [5.74, 6) is 0.793. The van der Waals surface area contributed by atoms with Crippen LogP contribution in [0, 0.1) is 0 Å². The Labute approximate surface area is 172 Å². The Kier molecular flexibility index (Phi) is 4.95. The van der Waals surface area contributed by atoms with E-state index in [4.69, 9.17) is 4.98 Å². The summed E-state index contributed by atoms with van der Waals surface area (Å²) in [4.78, 5) is 4.81. The number of para-hydroxylation sites is 2. The molecule has 142 valence electrons. The monoisotopic (exact) mass is 455 g/mol. The summed E-state index contributed by atoms with van der Waals surface area (Å²) in [6, 6.07) is 23.5. The molecule has 1 aromatic heterocycles. The van der Waals surface area contributed by atoms with Gasteiger partial charge in [-0.05, 0) is 42.0 Å². The molecule has 0 spiro atoms. The van der Waals surface area contributed by atoms with Crippen LogP contribution in [0.15, 0.2) is 77.3 Å². The van der Waals surface area contributed by atoms with E-state index in [9.17, 15) is 8.42 Å². The Morgan fingerprint density at radius 3 is 2.50 bits per heavy atom. The maximum atomic E-state index is 11.6. The first-order valence-corrected chi connectivity index (χ1v) is 11.4. The second-order valence-corrected chi connectivity index (χ2v) is 9.26. The van der Waals surface area contributed by atoms with Gasteiger partial charge in [0, 0.05) is 22.3 Å². The minimum absolute atomic E-state index is 0.516. The highest BCUT2D eigenvalue weighted by atomic mass is 79.9. The maximum Gasteiger partial charge on any atom is 0.229 e. The third-order valence-corrected chi connectivity index (χ3v) is 5.47. The molecule has 3 aromatic carbocycles. The Morgan fingerprint density at radius 1 is 1.00 bits per heavy atom. The van der Waals surface area contributed by atoms with Gasteiger partial charge in [0.1, 0.15) is 5.82 Å². The fourth-order valence-electron chi connectivity index (χ4n) is 3.16. The van der Waals surface area contributed by atoms with Gasteiger partial charge in [-0.15, -0.1) is 0 Å². The van der Waals surface area contributed by atoms with Gasteiger partial charge >= 0.3 is 0 Å². The second kappa shape index (κ2) is 7.41. The molecule has 4 rings (SSSR count). The summed E-state index contributed by atoms with van der Waals surface area (Å²) in [5, 5.41) is 0. The van der Waals surface area contributed by atoms with Gasteiger partial charge in [0.15, 0.2) is 0 Å². The number of hydrogen-bond acceptors (Lipinski definition) is 3. The molecule has 28 heavy (non-hydrogen) atoms. The molecule has 0 unspecified atom stereocenters. The lowest BCUT2D eigenvalue weighted by atomic mass is 10.1. The number of sulfonamides is 1. The van der Waals surface area contributed by atoms with Gasteiger partial charge in [-0.2, -0.15) is 0 Å². The quantitative estimate of drug-likeness (QED) is 0.465. The normalized spacial score (nSPS) is 11.6. The minimum atomic E-state index is -3.35. The van der Waals surface area contributed by atoms with Crippen molar-refractivity contribution >= 4 is 42.7 Å². The molecule has 0 bridgehead atoms. The van der Waals surface area contributed by atoms with Gasteiger partial charge in [-0.3, -0.25) is 4.72 Å². The lowest BCUT2D eigenvalue weighted by Gasteiger charge is -2.11. The van der Waals surface area contributed by atoms with Crippen molar-refractivity contribution in [3.05, 3.63) is 82.8 Å². The van der Waals surface area contributed by atoms with Crippen molar-refractivity contribution in [3.63, 3.8) is 0 Å². The van der Waals surface area contributed by atoms with E-state index in [-0.39, 0.29) is 0 Å². The van der Waals surface area contributed by atoms with E-state index in [1.807, 2.05) is 48.5 Å². The predicted molar refractivity (Wildman–Crippen MR) is 117 cm³/mol. The first-order valence-electron chi connectivity index (χ1n) is 8.67. The molecule has 0 aliphatic heterocycles. The number of benzene rings is 3. The fraction of sp³-hybridized carbons (Fsp3) is 0.0952. The van der Waals surface area contributed by atoms with Gasteiger partial charge in [0.05, 0.1) is 17.3 Å². The van der Waals surface area contributed by atoms with Gasteiger partial charge in [0.2, 0.25) is 10.0 Å². The van der Waals surface area contributed by atoms with Crippen molar-refractivity contribution in [2.24, 2.45) is 0 Å². The summed E-state index contributed by atoms with van der Waals surface area (Å²) in [6.07, 6.45) is 1.14. The standard InChI is InChI=1S/C21H18BrN3O2S/c1-28(26,27)24-18-6-4-5-16(13-18)21-23-19-7-2-3-8-20(19)25(21)14-15-9-11-17(22)12-10-15/h2-13,24H,14H2,1H3. The largest absolute Gasteiger partial charge is 0.319 e. The number of anilines is 1. The number of aromatic nitrogens is 2. The highest BCUT2D eigenvalue weighted by molar-refractivity contribution is 9.10. The zero-order valence-electron chi connectivity index (χ0n) is 15.1. The summed E-state index contributed by atoms with van der Waals surface area (Å²) in [7, 11) is -3.35. The fourth-order valence-corrected chi connectivity index (χ4v) is 3.98. The molecule has 0 aliphatic carbocycles. The molecule has 1 N–H and O–H groups in total. The van der Waals surface area contributed by atoms with Crippen LogP contribution < -0.4 is 4.72 Å². The Morgan fingerprint density at radius 2 is 1.75 bits per heavy atom. The van der Waals surface area contributed by atoms with Crippen LogP contribution in [0.3, 0.4) is 0 Å². The molecule has 0 saturated heterocycles. The molecule has 0 atom stereocenters. The average molecular weight is 456 g/mol. The summed E-state index contributed by atoms with van der Waals surface area (Å²) >= 11 is 3.47. The molecule has 5 nitrogen and oxygen atoms in total. The number of nitrogens with zero attached hydrogens (tertiary/aromatic N) is 2. The van der Waals surface area contributed by atoms with E-state index in [0.717, 1.165) is 38.7 Å². The molecule has 0 aliphatic rings. The van der Waals surface area contributed by atoms with Crippen LogP contribution in [-0.2, 0) is 16.6 Å². The van der Waals surface area contributed by atoms with Crippen LogP contribution in [0.2, 0.25) is 0 Å². The number of rotatable bonds is 5. The van der Waals surface area contributed by atoms with E-state index in [0.29, 0.717) is 12.2 Å². The predicted octanol–water partition coefficient (Wildman–Crippen LogP) is 4.89. The summed E-state index contributed by atoms with van der Waals surface area (Å²) in [5.41, 5.74) is 4.44. The van der Waals surface area contributed by atoms with Crippen molar-refractivity contribution in [2.45, 2.75) is 6.54 Å². The molecular formula is C21H18BrN3O2S. The Hall–Kier alpha value is -2.64. The first-order chi connectivity index (χ1) is 13.4. The molecule has 0 fully saturated rings. The van der Waals surface area contributed by atoms with E-state index in [2.05, 4.69) is 37.4 Å². The van der Waals surface area contributed by atoms with Crippen LogP contribution in [0.4, 0.5) is 5.69 Å². The average Bonchev–Trinajstić information content (AvgIpc) is 3.01. The van der Waals surface area contributed by atoms with Crippen LogP contribution in [0.5, 0.6) is 0 Å². The van der Waals surface area contributed by atoms with Crippen molar-refractivity contribution in [1.29, 1.82) is 0 Å². The maximum absolute atomic E-state index is 11.6. The van der Waals surface area contributed by atoms with Crippen LogP contribution in [-0.4, -0.2) is 24.2 Å². The van der Waals surface area contributed by atoms with Crippen LogP contribution >= 0.6 is 15.9 Å². The zero-order valence-corrected chi connectivity index (χ0v) is 17.5. The highest BCUT2D eigenvalue weighted by Gasteiger charge is 2.14. The lowest BCUT2D eigenvalue weighted by molar-refractivity contribution is 0.607. The third kappa shape index (κ3) is 4.10. The Balaban J connectivity index is 1.83. The molecule has 1 heterocycles. The SMILES string of the molecule is CS(=O)(=O)Nc1cccc(-c2nc3ccccc3n2Cc2ccc(Br)cc2)c1. The van der Waals surface area contributed by atoms with Gasteiger partial charge in [-0.1, -0.05) is 52.3 Å². The number of nitrogens with one attached hydrogen (secondary N) is 1. The third-order valence-electron chi connectivity index (χ3n) is 4.33. The second-order valence-electron chi connectivity index (χ2n) is 6.59. The van der Waals surface area contributed by atoms with E-state index in [1.165, 1.54) is 0 Å². The Bertz CT molecular complexity index is 1250. The van der Waals surface area contributed by atoms with Crippen LogP contribution in [0.25, 0.3) is 22.4 Å². The lowest BCUT2D eigenvalue weighted by Crippen LogP contribution is -2.09. The van der Waals surface area contributed by atoms with E-state index in [1.54, 1.807) is 12.1 Å². The van der Waals surface area contributed by atoms with Gasteiger partial charge in [0.25, 0.3) is 0 Å². The molecule has 4 aromatic rings. The minimum Gasteiger partial charge on any atom is -0.319 e. The number of imidazole rings is 1. The number of fused-ring (bicyclic) bond motifs is 1. The number of hydrogen-bond donors (Lipinski definition) is 1. The van der Waals surface area contributed by atoms with Gasteiger partial charge < -0.3 is 4.57 Å². The summed E-state index contributed by atoms with van der Waals surface area (Å²) in [6.45, 7) is 0.660. The first kappa shape index (κ1) is 18.7. The smallest absolute Gasteiger partial charge is 0.229 e. The van der Waals surface area contributed by atoms with Crippen molar-refractivity contribution in [1.82, 2.24) is 9.55 Å². The molecule has 0 saturated carbocycles. The molecule has 0 amide bonds. The molecule has 0 radical (unpaired) electrons. The van der Waals surface area contributed by atoms with Crippen LogP contribution in [0.1, 0.15) is 5.56 Å². The van der Waals surface area contributed by atoms with Gasteiger partial charge in [-0.25, -0.2) is 13.4 Å². The van der Waals surface area contributed by atoms with E-state index >= 15 is 0 Å². The number of halogens is 1. The van der Waals surface area contributed by atoms with Crippen molar-refractivity contribution < 1.29 is 8.42 Å². The molecular weight excluding hydrogens is 438 g/mol.